The SMILES string of the molecule is COc1ccc(S(=O)(=O)NCC[NH+]2CCOCC2)c(C)c1C. The lowest BCUT2D eigenvalue weighted by atomic mass is 10.1. The molecule has 0 bridgehead atoms. The monoisotopic (exact) mass is 329 g/mol. The minimum absolute atomic E-state index is 0.322. The summed E-state index contributed by atoms with van der Waals surface area (Å²) in [4.78, 5) is 1.69. The summed E-state index contributed by atoms with van der Waals surface area (Å²) in [5.41, 5.74) is 1.58. The first-order valence-electron chi connectivity index (χ1n) is 7.51. The van der Waals surface area contributed by atoms with Crippen molar-refractivity contribution in [3.8, 4) is 5.75 Å². The van der Waals surface area contributed by atoms with Crippen molar-refractivity contribution in [3.63, 3.8) is 0 Å². The van der Waals surface area contributed by atoms with Crippen LogP contribution in [0.15, 0.2) is 17.0 Å². The first-order chi connectivity index (χ1) is 10.5. The van der Waals surface area contributed by atoms with E-state index in [4.69, 9.17) is 9.47 Å². The Balaban J connectivity index is 2.02. The molecule has 1 aliphatic rings. The maximum absolute atomic E-state index is 12.5. The van der Waals surface area contributed by atoms with Crippen LogP contribution < -0.4 is 14.4 Å². The number of methoxy groups -OCH3 is 1. The summed E-state index contributed by atoms with van der Waals surface area (Å²) in [5, 5.41) is 0. The van der Waals surface area contributed by atoms with Gasteiger partial charge in [-0.3, -0.25) is 0 Å². The van der Waals surface area contributed by atoms with Crippen LogP contribution in [0.3, 0.4) is 0 Å². The Morgan fingerprint density at radius 3 is 2.55 bits per heavy atom. The van der Waals surface area contributed by atoms with Crippen LogP contribution >= 0.6 is 0 Å². The summed E-state index contributed by atoms with van der Waals surface area (Å²) < 4.78 is 38.1. The molecule has 124 valence electrons. The van der Waals surface area contributed by atoms with Crippen molar-refractivity contribution in [2.24, 2.45) is 0 Å². The maximum atomic E-state index is 12.5. The van der Waals surface area contributed by atoms with Crippen molar-refractivity contribution in [1.82, 2.24) is 4.72 Å². The molecule has 0 spiro atoms. The predicted octanol–water partition coefficient (Wildman–Crippen LogP) is -0.495. The van der Waals surface area contributed by atoms with Gasteiger partial charge in [0.25, 0.3) is 0 Å². The van der Waals surface area contributed by atoms with Crippen LogP contribution in [-0.4, -0.2) is 54.9 Å². The van der Waals surface area contributed by atoms with Crippen molar-refractivity contribution in [3.05, 3.63) is 23.3 Å². The maximum Gasteiger partial charge on any atom is 0.241 e. The van der Waals surface area contributed by atoms with E-state index < -0.39 is 10.0 Å². The van der Waals surface area contributed by atoms with E-state index in [9.17, 15) is 8.42 Å². The molecule has 1 aliphatic heterocycles. The highest BCUT2D eigenvalue weighted by molar-refractivity contribution is 7.89. The van der Waals surface area contributed by atoms with Gasteiger partial charge < -0.3 is 14.4 Å². The lowest BCUT2D eigenvalue weighted by Gasteiger charge is -2.23. The molecule has 0 radical (unpaired) electrons. The second-order valence-electron chi connectivity index (χ2n) is 5.53. The van der Waals surface area contributed by atoms with E-state index in [-0.39, 0.29) is 0 Å². The van der Waals surface area contributed by atoms with Crippen LogP contribution in [0.5, 0.6) is 5.75 Å². The second-order valence-corrected chi connectivity index (χ2v) is 7.26. The van der Waals surface area contributed by atoms with Crippen molar-refractivity contribution in [2.75, 3.05) is 46.5 Å². The zero-order chi connectivity index (χ0) is 16.2. The van der Waals surface area contributed by atoms with Gasteiger partial charge in [0.15, 0.2) is 0 Å². The van der Waals surface area contributed by atoms with Crippen LogP contribution in [0.2, 0.25) is 0 Å². The predicted molar refractivity (Wildman–Crippen MR) is 84.0 cm³/mol. The largest absolute Gasteiger partial charge is 0.496 e. The second kappa shape index (κ2) is 7.41. The zero-order valence-corrected chi connectivity index (χ0v) is 14.3. The van der Waals surface area contributed by atoms with E-state index >= 15 is 0 Å². The van der Waals surface area contributed by atoms with Crippen molar-refractivity contribution in [1.29, 1.82) is 0 Å². The van der Waals surface area contributed by atoms with Gasteiger partial charge in [-0.05, 0) is 37.1 Å². The molecule has 0 amide bonds. The molecular formula is C15H25N2O4S+. The van der Waals surface area contributed by atoms with Crippen molar-refractivity contribution in [2.45, 2.75) is 18.7 Å². The van der Waals surface area contributed by atoms with E-state index in [0.29, 0.717) is 17.2 Å². The Kier molecular flexibility index (Phi) is 5.80. The minimum atomic E-state index is -3.49. The summed E-state index contributed by atoms with van der Waals surface area (Å²) in [6.45, 7) is 8.24. The molecular weight excluding hydrogens is 304 g/mol. The summed E-state index contributed by atoms with van der Waals surface area (Å²) in [5.74, 6) is 0.703. The molecule has 0 saturated carbocycles. The lowest BCUT2D eigenvalue weighted by molar-refractivity contribution is -0.906. The Bertz CT molecular complexity index is 610. The van der Waals surface area contributed by atoms with E-state index in [1.54, 1.807) is 26.2 Å². The molecule has 1 aromatic rings. The number of ether oxygens (including phenoxy) is 2. The molecule has 0 atom stereocenters. The van der Waals surface area contributed by atoms with Crippen molar-refractivity contribution < 1.29 is 22.8 Å². The normalized spacial score (nSPS) is 16.7. The highest BCUT2D eigenvalue weighted by atomic mass is 32.2. The van der Waals surface area contributed by atoms with Gasteiger partial charge in [-0.1, -0.05) is 0 Å². The first kappa shape index (κ1) is 17.2. The molecule has 1 heterocycles. The van der Waals surface area contributed by atoms with Gasteiger partial charge in [0.05, 0.1) is 38.3 Å². The number of quaternary nitrogens is 1. The molecule has 0 aromatic heterocycles. The molecule has 2 N–H and O–H groups in total. The number of benzene rings is 1. The fraction of sp³-hybridized carbons (Fsp3) is 0.600. The topological polar surface area (TPSA) is 69.1 Å². The van der Waals surface area contributed by atoms with Gasteiger partial charge in [0, 0.05) is 0 Å². The Labute approximate surface area is 132 Å². The van der Waals surface area contributed by atoms with Gasteiger partial charge >= 0.3 is 0 Å². The van der Waals surface area contributed by atoms with Gasteiger partial charge in [-0.15, -0.1) is 0 Å². The molecule has 0 unspecified atom stereocenters. The van der Waals surface area contributed by atoms with E-state index in [1.165, 1.54) is 4.90 Å². The van der Waals surface area contributed by atoms with Gasteiger partial charge in [-0.25, -0.2) is 13.1 Å². The number of nitrogens with one attached hydrogen (secondary N) is 2. The van der Waals surface area contributed by atoms with Crippen LogP contribution in [0.4, 0.5) is 0 Å². The molecule has 2 rings (SSSR count). The van der Waals surface area contributed by atoms with Crippen LogP contribution in [0.25, 0.3) is 0 Å². The highest BCUT2D eigenvalue weighted by Crippen LogP contribution is 2.26. The third kappa shape index (κ3) is 3.98. The van der Waals surface area contributed by atoms with Gasteiger partial charge in [0.2, 0.25) is 10.0 Å². The van der Waals surface area contributed by atoms with Crippen LogP contribution in [-0.2, 0) is 14.8 Å². The Hall–Kier alpha value is -1.15. The fourth-order valence-corrected chi connectivity index (χ4v) is 3.96. The fourth-order valence-electron chi connectivity index (χ4n) is 2.63. The molecule has 22 heavy (non-hydrogen) atoms. The van der Waals surface area contributed by atoms with E-state index in [1.807, 2.05) is 6.92 Å². The third-order valence-corrected chi connectivity index (χ3v) is 5.77. The molecule has 6 nitrogen and oxygen atoms in total. The number of hydrogen-bond acceptors (Lipinski definition) is 4. The average molecular weight is 329 g/mol. The first-order valence-corrected chi connectivity index (χ1v) is 8.99. The number of rotatable bonds is 6. The minimum Gasteiger partial charge on any atom is -0.496 e. The lowest BCUT2D eigenvalue weighted by Crippen LogP contribution is -3.14. The van der Waals surface area contributed by atoms with Crippen LogP contribution in [0, 0.1) is 13.8 Å². The Morgan fingerprint density at radius 1 is 1.23 bits per heavy atom. The molecule has 7 heteroatoms. The highest BCUT2D eigenvalue weighted by Gasteiger charge is 2.20. The number of sulfonamides is 1. The van der Waals surface area contributed by atoms with E-state index in [2.05, 4.69) is 4.72 Å². The van der Waals surface area contributed by atoms with Crippen molar-refractivity contribution >= 4 is 10.0 Å². The summed E-state index contributed by atoms with van der Waals surface area (Å²) in [6.07, 6.45) is 0. The van der Waals surface area contributed by atoms with Gasteiger partial charge in [0.1, 0.15) is 18.8 Å². The van der Waals surface area contributed by atoms with E-state index in [0.717, 1.165) is 44.0 Å². The standard InChI is InChI=1S/C15H24N2O4S/c1-12-13(2)15(5-4-14(12)20-3)22(18,19)16-6-7-17-8-10-21-11-9-17/h4-5,16H,6-11H2,1-3H3/p+1. The zero-order valence-electron chi connectivity index (χ0n) is 13.4. The summed E-state index contributed by atoms with van der Waals surface area (Å²) >= 11 is 0. The van der Waals surface area contributed by atoms with Gasteiger partial charge in [-0.2, -0.15) is 0 Å². The Morgan fingerprint density at radius 2 is 1.91 bits per heavy atom. The molecule has 1 saturated heterocycles. The average Bonchev–Trinajstić information content (AvgIpc) is 2.50. The molecule has 1 fully saturated rings. The molecule has 0 aliphatic carbocycles. The summed E-state index contributed by atoms with van der Waals surface area (Å²) in [6, 6.07) is 3.30. The quantitative estimate of drug-likeness (QED) is 0.739. The summed E-state index contributed by atoms with van der Waals surface area (Å²) in [7, 11) is -1.91. The smallest absolute Gasteiger partial charge is 0.241 e. The third-order valence-electron chi connectivity index (χ3n) is 4.17. The molecule has 1 aromatic carbocycles. The number of morpholine rings is 1. The number of hydrogen-bond donors (Lipinski definition) is 2. The van der Waals surface area contributed by atoms with Crippen LogP contribution in [0.1, 0.15) is 11.1 Å².